The molecular formula is C10H21NS. The van der Waals surface area contributed by atoms with Gasteiger partial charge in [0.1, 0.15) is 0 Å². The van der Waals surface area contributed by atoms with Crippen LogP contribution in [-0.2, 0) is 0 Å². The summed E-state index contributed by atoms with van der Waals surface area (Å²) in [5.74, 6) is 1.17. The Kier molecular flexibility index (Phi) is 5.08. The second-order valence-corrected chi connectivity index (χ2v) is 5.10. The van der Waals surface area contributed by atoms with Crippen LogP contribution in [0.15, 0.2) is 0 Å². The Morgan fingerprint density at radius 2 is 2.00 bits per heavy atom. The van der Waals surface area contributed by atoms with E-state index < -0.39 is 0 Å². The predicted molar refractivity (Wildman–Crippen MR) is 57.6 cm³/mol. The summed E-state index contributed by atoms with van der Waals surface area (Å²) in [7, 11) is 0. The maximum Gasteiger partial charge on any atom is 0.0127 e. The van der Waals surface area contributed by atoms with Crippen molar-refractivity contribution in [1.29, 1.82) is 0 Å². The van der Waals surface area contributed by atoms with E-state index in [1.165, 1.54) is 37.9 Å². The van der Waals surface area contributed by atoms with E-state index in [1.54, 1.807) is 0 Å². The van der Waals surface area contributed by atoms with Gasteiger partial charge in [-0.3, -0.25) is 0 Å². The first kappa shape index (κ1) is 10.4. The minimum Gasteiger partial charge on any atom is -0.327 e. The molecule has 0 aromatic heterocycles. The van der Waals surface area contributed by atoms with Crippen molar-refractivity contribution in [3.63, 3.8) is 0 Å². The van der Waals surface area contributed by atoms with E-state index in [0.29, 0.717) is 6.04 Å². The maximum absolute atomic E-state index is 5.87. The van der Waals surface area contributed by atoms with E-state index in [9.17, 15) is 0 Å². The third-order valence-corrected chi connectivity index (χ3v) is 4.19. The second-order valence-electron chi connectivity index (χ2n) is 3.76. The van der Waals surface area contributed by atoms with Gasteiger partial charge in [-0.1, -0.05) is 26.2 Å². The van der Waals surface area contributed by atoms with E-state index in [1.807, 2.05) is 0 Å². The Bertz CT molecular complexity index is 110. The Hall–Kier alpha value is 0.310. The highest BCUT2D eigenvalue weighted by molar-refractivity contribution is 7.99. The number of hydrogen-bond donors (Lipinski definition) is 1. The average molecular weight is 187 g/mol. The standard InChI is InChI=1S/C10H21NS/c1-2-9(11)8-12-10-6-4-3-5-7-10/h9-10H,2-8,11H2,1H3/t9-/m0/s1. The molecule has 1 atom stereocenters. The van der Waals surface area contributed by atoms with Crippen molar-refractivity contribution in [2.45, 2.75) is 56.7 Å². The van der Waals surface area contributed by atoms with Crippen LogP contribution in [-0.4, -0.2) is 17.0 Å². The van der Waals surface area contributed by atoms with E-state index in [4.69, 9.17) is 5.73 Å². The quantitative estimate of drug-likeness (QED) is 0.732. The lowest BCUT2D eigenvalue weighted by Gasteiger charge is -2.22. The molecule has 0 amide bonds. The lowest BCUT2D eigenvalue weighted by molar-refractivity contribution is 0.515. The van der Waals surface area contributed by atoms with Gasteiger partial charge in [-0.25, -0.2) is 0 Å². The molecular weight excluding hydrogens is 166 g/mol. The van der Waals surface area contributed by atoms with Crippen molar-refractivity contribution in [3.8, 4) is 0 Å². The van der Waals surface area contributed by atoms with Gasteiger partial charge < -0.3 is 5.73 Å². The van der Waals surface area contributed by atoms with Crippen molar-refractivity contribution in [2.24, 2.45) is 5.73 Å². The molecule has 0 radical (unpaired) electrons. The summed E-state index contributed by atoms with van der Waals surface area (Å²) in [6, 6.07) is 0.428. The van der Waals surface area contributed by atoms with Gasteiger partial charge in [-0.2, -0.15) is 11.8 Å². The maximum atomic E-state index is 5.87. The summed E-state index contributed by atoms with van der Waals surface area (Å²) >= 11 is 2.11. The summed E-state index contributed by atoms with van der Waals surface area (Å²) in [6.07, 6.45) is 8.33. The topological polar surface area (TPSA) is 26.0 Å². The van der Waals surface area contributed by atoms with Gasteiger partial charge in [-0.05, 0) is 19.3 Å². The van der Waals surface area contributed by atoms with Crippen LogP contribution in [0.5, 0.6) is 0 Å². The molecule has 1 aliphatic carbocycles. The molecule has 1 aliphatic rings. The molecule has 1 rings (SSSR count). The van der Waals surface area contributed by atoms with Gasteiger partial charge in [0.25, 0.3) is 0 Å². The Morgan fingerprint density at radius 1 is 1.33 bits per heavy atom. The van der Waals surface area contributed by atoms with Crippen LogP contribution in [0.1, 0.15) is 45.4 Å². The van der Waals surface area contributed by atoms with E-state index >= 15 is 0 Å². The summed E-state index contributed by atoms with van der Waals surface area (Å²) in [4.78, 5) is 0. The predicted octanol–water partition coefficient (Wildman–Crippen LogP) is 2.79. The third-order valence-electron chi connectivity index (χ3n) is 2.62. The van der Waals surface area contributed by atoms with Crippen LogP contribution in [0.25, 0.3) is 0 Å². The monoisotopic (exact) mass is 187 g/mol. The van der Waals surface area contributed by atoms with Gasteiger partial charge in [0, 0.05) is 17.0 Å². The first-order chi connectivity index (χ1) is 5.83. The van der Waals surface area contributed by atoms with Gasteiger partial charge in [0.2, 0.25) is 0 Å². The molecule has 0 aromatic carbocycles. The van der Waals surface area contributed by atoms with Crippen molar-refractivity contribution >= 4 is 11.8 Å². The zero-order valence-electron chi connectivity index (χ0n) is 8.09. The molecule has 12 heavy (non-hydrogen) atoms. The smallest absolute Gasteiger partial charge is 0.0127 e. The molecule has 2 N–H and O–H groups in total. The van der Waals surface area contributed by atoms with Gasteiger partial charge in [-0.15, -0.1) is 0 Å². The second kappa shape index (κ2) is 5.87. The van der Waals surface area contributed by atoms with Gasteiger partial charge in [0.15, 0.2) is 0 Å². The van der Waals surface area contributed by atoms with Gasteiger partial charge >= 0.3 is 0 Å². The highest BCUT2D eigenvalue weighted by Gasteiger charge is 2.14. The molecule has 0 saturated heterocycles. The lowest BCUT2D eigenvalue weighted by atomic mass is 10.0. The normalized spacial score (nSPS) is 22.5. The fraction of sp³-hybridized carbons (Fsp3) is 1.00. The summed E-state index contributed by atoms with van der Waals surface area (Å²) in [5.41, 5.74) is 5.87. The van der Waals surface area contributed by atoms with Gasteiger partial charge in [0.05, 0.1) is 0 Å². The molecule has 0 heterocycles. The van der Waals surface area contributed by atoms with Crippen LogP contribution in [0, 0.1) is 0 Å². The lowest BCUT2D eigenvalue weighted by Crippen LogP contribution is -2.23. The highest BCUT2D eigenvalue weighted by atomic mass is 32.2. The first-order valence-electron chi connectivity index (χ1n) is 5.20. The van der Waals surface area contributed by atoms with Crippen molar-refractivity contribution < 1.29 is 0 Å². The largest absolute Gasteiger partial charge is 0.327 e. The zero-order valence-corrected chi connectivity index (χ0v) is 8.91. The van der Waals surface area contributed by atoms with Crippen LogP contribution in [0.2, 0.25) is 0 Å². The summed E-state index contributed by atoms with van der Waals surface area (Å²) < 4.78 is 0. The van der Waals surface area contributed by atoms with Crippen LogP contribution in [0.3, 0.4) is 0 Å². The molecule has 1 nitrogen and oxygen atoms in total. The van der Waals surface area contributed by atoms with E-state index in [0.717, 1.165) is 11.7 Å². The number of rotatable bonds is 4. The minimum atomic E-state index is 0.428. The molecule has 1 saturated carbocycles. The van der Waals surface area contributed by atoms with Crippen molar-refractivity contribution in [3.05, 3.63) is 0 Å². The minimum absolute atomic E-state index is 0.428. The zero-order chi connectivity index (χ0) is 8.81. The Morgan fingerprint density at radius 3 is 2.58 bits per heavy atom. The number of hydrogen-bond acceptors (Lipinski definition) is 2. The Balaban J connectivity index is 2.05. The SMILES string of the molecule is CC[C@H](N)CSC1CCCCC1. The fourth-order valence-corrected chi connectivity index (χ4v) is 3.03. The molecule has 0 unspecified atom stereocenters. The fourth-order valence-electron chi connectivity index (χ4n) is 1.61. The number of nitrogens with two attached hydrogens (primary N) is 1. The van der Waals surface area contributed by atoms with Crippen molar-refractivity contribution in [1.82, 2.24) is 0 Å². The van der Waals surface area contributed by atoms with E-state index in [-0.39, 0.29) is 0 Å². The molecule has 2 heteroatoms. The van der Waals surface area contributed by atoms with Crippen LogP contribution < -0.4 is 5.73 Å². The number of thioether (sulfide) groups is 1. The van der Waals surface area contributed by atoms with Crippen LogP contribution >= 0.6 is 11.8 Å². The van der Waals surface area contributed by atoms with E-state index in [2.05, 4.69) is 18.7 Å². The summed E-state index contributed by atoms with van der Waals surface area (Å²) in [6.45, 7) is 2.17. The molecule has 0 bridgehead atoms. The highest BCUT2D eigenvalue weighted by Crippen LogP contribution is 2.28. The molecule has 0 aliphatic heterocycles. The van der Waals surface area contributed by atoms with Crippen molar-refractivity contribution in [2.75, 3.05) is 5.75 Å². The molecule has 0 aromatic rings. The Labute approximate surface area is 80.5 Å². The third kappa shape index (κ3) is 3.81. The molecule has 0 spiro atoms. The molecule has 72 valence electrons. The first-order valence-corrected chi connectivity index (χ1v) is 6.25. The van der Waals surface area contributed by atoms with Crippen LogP contribution in [0.4, 0.5) is 0 Å². The average Bonchev–Trinajstić information content (AvgIpc) is 2.16. The molecule has 1 fully saturated rings. The summed E-state index contributed by atoms with van der Waals surface area (Å²) in [5, 5.41) is 0.927.